The van der Waals surface area contributed by atoms with Crippen LogP contribution in [0.15, 0.2) is 54.9 Å². The van der Waals surface area contributed by atoms with E-state index >= 15 is 0 Å². The van der Waals surface area contributed by atoms with E-state index in [1.807, 2.05) is 0 Å². The Hall–Kier alpha value is -4.28. The monoisotopic (exact) mass is 636 g/mol. The van der Waals surface area contributed by atoms with Crippen molar-refractivity contribution in [3.8, 4) is 28.6 Å². The second-order valence-corrected chi connectivity index (χ2v) is 12.0. The van der Waals surface area contributed by atoms with Crippen molar-refractivity contribution in [3.05, 3.63) is 71.8 Å². The van der Waals surface area contributed by atoms with Crippen molar-refractivity contribution in [2.45, 2.75) is 43.9 Å². The van der Waals surface area contributed by atoms with Crippen molar-refractivity contribution in [2.75, 3.05) is 26.1 Å². The van der Waals surface area contributed by atoms with Gasteiger partial charge in [0.25, 0.3) is 0 Å². The number of para-hydroxylation sites is 1. The summed E-state index contributed by atoms with van der Waals surface area (Å²) < 4.78 is 88.7. The Kier molecular flexibility index (Phi) is 9.18. The number of aliphatic hydroxyl groups is 1. The van der Waals surface area contributed by atoms with E-state index in [9.17, 15) is 26.7 Å². The van der Waals surface area contributed by atoms with E-state index in [0.717, 1.165) is 17.7 Å². The lowest BCUT2D eigenvalue weighted by Crippen LogP contribution is -2.39. The molecule has 3 atom stereocenters. The smallest absolute Gasteiger partial charge is 0.421 e. The summed E-state index contributed by atoms with van der Waals surface area (Å²) >= 11 is 0. The van der Waals surface area contributed by atoms with Crippen LogP contribution in [0.25, 0.3) is 17.1 Å². The highest BCUT2D eigenvalue weighted by Crippen LogP contribution is 2.41. The van der Waals surface area contributed by atoms with E-state index in [1.54, 1.807) is 25.1 Å². The van der Waals surface area contributed by atoms with Crippen molar-refractivity contribution >= 4 is 16.0 Å². The van der Waals surface area contributed by atoms with Crippen molar-refractivity contribution in [1.29, 1.82) is 0 Å². The molecule has 0 saturated heterocycles. The number of halogens is 3. The first-order chi connectivity index (χ1) is 20.7. The van der Waals surface area contributed by atoms with E-state index in [4.69, 9.17) is 14.2 Å². The fourth-order valence-electron chi connectivity index (χ4n) is 4.37. The van der Waals surface area contributed by atoms with Gasteiger partial charge in [-0.15, -0.1) is 10.2 Å². The lowest BCUT2D eigenvalue weighted by atomic mass is 9.93. The predicted molar refractivity (Wildman–Crippen MR) is 154 cm³/mol. The number of anilines is 1. The van der Waals surface area contributed by atoms with Gasteiger partial charge in [0, 0.05) is 25.1 Å². The zero-order valence-electron chi connectivity index (χ0n) is 24.6. The molecule has 44 heavy (non-hydrogen) atoms. The van der Waals surface area contributed by atoms with Gasteiger partial charge in [-0.05, 0) is 50.1 Å². The van der Waals surface area contributed by atoms with Crippen molar-refractivity contribution < 1.29 is 40.9 Å². The van der Waals surface area contributed by atoms with Crippen LogP contribution in [0.4, 0.5) is 19.1 Å². The molecule has 2 heterocycles. The van der Waals surface area contributed by atoms with Gasteiger partial charge in [0.15, 0.2) is 17.2 Å². The van der Waals surface area contributed by atoms with Gasteiger partial charge in [0.05, 0.1) is 14.2 Å². The highest BCUT2D eigenvalue weighted by Gasteiger charge is 2.51. The Morgan fingerprint density at radius 3 is 2.11 bits per heavy atom. The molecule has 236 valence electrons. The molecule has 0 radical (unpaired) electrons. The number of rotatable bonds is 11. The SMILES string of the molecule is COc1cccc(OC)c1-n1c(NS(=O)(=O)C(C)C(OC)c2ncc(C)cn2)nnc1-c1cccc(C(C)(O)C(F)(F)F)c1. The zero-order valence-corrected chi connectivity index (χ0v) is 25.4. The molecule has 2 aromatic carbocycles. The average molecular weight is 637 g/mol. The van der Waals surface area contributed by atoms with Crippen LogP contribution in [0, 0.1) is 6.92 Å². The largest absolute Gasteiger partial charge is 0.494 e. The predicted octanol–water partition coefficient (Wildman–Crippen LogP) is 4.34. The molecular formula is C28H31F3N6O6S. The van der Waals surface area contributed by atoms with Crippen molar-refractivity contribution in [3.63, 3.8) is 0 Å². The first-order valence-corrected chi connectivity index (χ1v) is 14.6. The normalized spacial score (nSPS) is 14.9. The Morgan fingerprint density at radius 1 is 0.977 bits per heavy atom. The van der Waals surface area contributed by atoms with Gasteiger partial charge in [-0.25, -0.2) is 18.4 Å². The minimum absolute atomic E-state index is 0.0776. The van der Waals surface area contributed by atoms with E-state index in [2.05, 4.69) is 24.9 Å². The first kappa shape index (κ1) is 32.6. The number of alkyl halides is 3. The molecule has 0 fully saturated rings. The molecule has 2 aromatic heterocycles. The molecule has 0 bridgehead atoms. The summed E-state index contributed by atoms with van der Waals surface area (Å²) in [5.74, 6) is 0.142. The number of ether oxygens (including phenoxy) is 3. The molecule has 0 aliphatic heterocycles. The van der Waals surface area contributed by atoms with Gasteiger partial charge in [-0.3, -0.25) is 9.29 Å². The van der Waals surface area contributed by atoms with E-state index in [1.165, 1.54) is 57.3 Å². The fraction of sp³-hybridized carbons (Fsp3) is 0.357. The molecule has 3 unspecified atom stereocenters. The van der Waals surface area contributed by atoms with Gasteiger partial charge in [0.1, 0.15) is 28.5 Å². The first-order valence-electron chi connectivity index (χ1n) is 13.1. The van der Waals surface area contributed by atoms with Crippen LogP contribution in [0.3, 0.4) is 0 Å². The van der Waals surface area contributed by atoms with Crippen LogP contribution >= 0.6 is 0 Å². The molecule has 0 saturated carbocycles. The molecule has 16 heteroatoms. The van der Waals surface area contributed by atoms with Gasteiger partial charge >= 0.3 is 6.18 Å². The minimum Gasteiger partial charge on any atom is -0.494 e. The quantitative estimate of drug-likeness (QED) is 0.243. The van der Waals surface area contributed by atoms with Gasteiger partial charge < -0.3 is 19.3 Å². The molecular weight excluding hydrogens is 605 g/mol. The number of nitrogens with one attached hydrogen (secondary N) is 1. The van der Waals surface area contributed by atoms with Gasteiger partial charge in [0.2, 0.25) is 16.0 Å². The number of nitrogens with zero attached hydrogens (tertiary/aromatic N) is 5. The lowest BCUT2D eigenvalue weighted by Gasteiger charge is -2.27. The lowest BCUT2D eigenvalue weighted by molar-refractivity contribution is -0.258. The molecule has 12 nitrogen and oxygen atoms in total. The third-order valence-electron chi connectivity index (χ3n) is 6.98. The second kappa shape index (κ2) is 12.4. The number of aryl methyl sites for hydroxylation is 1. The molecule has 0 spiro atoms. The summed E-state index contributed by atoms with van der Waals surface area (Å²) in [7, 11) is -0.248. The van der Waals surface area contributed by atoms with Crippen molar-refractivity contribution in [2.24, 2.45) is 0 Å². The summed E-state index contributed by atoms with van der Waals surface area (Å²) in [6.45, 7) is 3.81. The van der Waals surface area contributed by atoms with Crippen LogP contribution in [0.5, 0.6) is 11.5 Å². The molecule has 0 amide bonds. The molecule has 2 N–H and O–H groups in total. The topological polar surface area (TPSA) is 151 Å². The fourth-order valence-corrected chi connectivity index (χ4v) is 5.50. The summed E-state index contributed by atoms with van der Waals surface area (Å²) in [6.07, 6.45) is -3.00. The molecule has 4 aromatic rings. The number of hydrogen-bond acceptors (Lipinski definition) is 10. The maximum Gasteiger partial charge on any atom is 0.421 e. The van der Waals surface area contributed by atoms with Crippen LogP contribution in [-0.4, -0.2) is 71.0 Å². The van der Waals surface area contributed by atoms with Crippen molar-refractivity contribution in [1.82, 2.24) is 24.7 Å². The Labute approximate surface area is 251 Å². The number of aromatic nitrogens is 5. The van der Waals surface area contributed by atoms with Crippen LogP contribution in [0.1, 0.15) is 36.9 Å². The Morgan fingerprint density at radius 2 is 1.57 bits per heavy atom. The van der Waals surface area contributed by atoms with Crippen LogP contribution in [0.2, 0.25) is 0 Å². The minimum atomic E-state index is -4.98. The van der Waals surface area contributed by atoms with Crippen LogP contribution in [-0.2, 0) is 20.4 Å². The third kappa shape index (κ3) is 6.18. The average Bonchev–Trinajstić information content (AvgIpc) is 3.39. The second-order valence-electron chi connectivity index (χ2n) is 9.97. The Balaban J connectivity index is 1.89. The number of benzene rings is 2. The molecule has 4 rings (SSSR count). The molecule has 0 aliphatic rings. The Bertz CT molecular complexity index is 1710. The third-order valence-corrected chi connectivity index (χ3v) is 8.68. The van der Waals surface area contributed by atoms with E-state index in [-0.39, 0.29) is 40.3 Å². The number of sulfonamides is 1. The van der Waals surface area contributed by atoms with Gasteiger partial charge in [-0.1, -0.05) is 24.3 Å². The van der Waals surface area contributed by atoms with E-state index in [0.29, 0.717) is 6.92 Å². The summed E-state index contributed by atoms with van der Waals surface area (Å²) in [4.78, 5) is 8.39. The van der Waals surface area contributed by atoms with Gasteiger partial charge in [-0.2, -0.15) is 13.2 Å². The maximum atomic E-state index is 13.7. The van der Waals surface area contributed by atoms with E-state index < -0.39 is 38.7 Å². The number of methoxy groups -OCH3 is 3. The summed E-state index contributed by atoms with van der Waals surface area (Å²) in [5.41, 5.74) is -2.66. The summed E-state index contributed by atoms with van der Waals surface area (Å²) in [6, 6.07) is 9.72. The number of hydrogen-bond donors (Lipinski definition) is 2. The molecule has 0 aliphatic carbocycles. The highest BCUT2D eigenvalue weighted by atomic mass is 32.2. The highest BCUT2D eigenvalue weighted by molar-refractivity contribution is 7.93. The standard InChI is InChI=1S/C28H31F3N6O6S/c1-16-14-32-24(33-15-16)23(43-6)17(2)44(39,40)36-26-35-34-25(37(26)22-20(41-4)11-8-12-21(22)42-5)18-9-7-10-19(13-18)27(3,38)28(29,30)31/h7-15,17,23,38H,1-6H3,(H,35,36). The zero-order chi connectivity index (χ0) is 32.4. The van der Waals surface area contributed by atoms with Crippen LogP contribution < -0.4 is 14.2 Å². The maximum absolute atomic E-state index is 13.7. The summed E-state index contributed by atoms with van der Waals surface area (Å²) in [5, 5.41) is 17.3.